The van der Waals surface area contributed by atoms with Gasteiger partial charge in [0.1, 0.15) is 5.75 Å². The maximum absolute atomic E-state index is 13.8. The van der Waals surface area contributed by atoms with Gasteiger partial charge in [-0.05, 0) is 48.2 Å². The van der Waals surface area contributed by atoms with E-state index in [4.69, 9.17) is 4.18 Å². The van der Waals surface area contributed by atoms with E-state index in [-0.39, 0.29) is 5.92 Å². The van der Waals surface area contributed by atoms with Crippen molar-refractivity contribution < 1.29 is 44.4 Å². The lowest BCUT2D eigenvalue weighted by Crippen LogP contribution is -2.06. The topological polar surface area (TPSA) is 29.5 Å². The second kappa shape index (κ2) is 8.44. The molecular weight excluding hydrogens is 480 g/mol. The average molecular weight is 492 g/mol. The van der Waals surface area contributed by atoms with E-state index in [2.05, 4.69) is 0 Å². The molecule has 1 N–H and O–H groups in total. The molecule has 0 spiro atoms. The van der Waals surface area contributed by atoms with Gasteiger partial charge in [-0.3, -0.25) is 0 Å². The molecule has 0 saturated heterocycles. The van der Waals surface area contributed by atoms with Gasteiger partial charge in [-0.1, -0.05) is 12.1 Å². The molecule has 0 heterocycles. The molecular formula is C22H12F8O2S. The number of rotatable bonds is 4. The fourth-order valence-corrected chi connectivity index (χ4v) is 4.37. The number of alkyl halides is 3. The molecule has 2 nitrogen and oxygen atoms in total. The molecule has 3 aromatic carbocycles. The van der Waals surface area contributed by atoms with Crippen molar-refractivity contribution in [3.8, 4) is 11.5 Å². The number of hydrogen-bond acceptors (Lipinski definition) is 3. The first-order chi connectivity index (χ1) is 15.5. The van der Waals surface area contributed by atoms with Gasteiger partial charge in [-0.25, -0.2) is 13.2 Å². The van der Waals surface area contributed by atoms with Crippen LogP contribution in [0.2, 0.25) is 0 Å². The maximum atomic E-state index is 13.8. The van der Waals surface area contributed by atoms with E-state index in [1.54, 1.807) is 12.1 Å². The molecule has 0 saturated carbocycles. The van der Waals surface area contributed by atoms with Crippen LogP contribution in [-0.4, -0.2) is 5.11 Å². The molecule has 1 aliphatic carbocycles. The van der Waals surface area contributed by atoms with Crippen molar-refractivity contribution in [3.05, 3.63) is 87.7 Å². The predicted octanol–water partition coefficient (Wildman–Crippen LogP) is 7.27. The van der Waals surface area contributed by atoms with Crippen LogP contribution < -0.4 is 4.18 Å². The molecule has 4 rings (SSSR count). The van der Waals surface area contributed by atoms with Crippen LogP contribution in [0.5, 0.6) is 11.5 Å². The molecule has 1 unspecified atom stereocenters. The quantitative estimate of drug-likeness (QED) is 0.180. The van der Waals surface area contributed by atoms with Crippen molar-refractivity contribution in [2.24, 2.45) is 0 Å². The van der Waals surface area contributed by atoms with E-state index < -0.39 is 52.3 Å². The first kappa shape index (κ1) is 23.2. The number of phenolic OH excluding ortho intramolecular Hbond substituents is 1. The summed E-state index contributed by atoms with van der Waals surface area (Å²) in [5, 5.41) is 10.1. The third-order valence-corrected chi connectivity index (χ3v) is 6.01. The third kappa shape index (κ3) is 4.21. The van der Waals surface area contributed by atoms with Crippen LogP contribution in [0.1, 0.15) is 34.6 Å². The maximum Gasteiger partial charge on any atom is 0.416 e. The van der Waals surface area contributed by atoms with Crippen LogP contribution >= 0.6 is 12.0 Å². The standard InChI is InChI=1S/C22H12F8O2S/c23-16-17(24)19(26)21(20(27)18(16)25)32-33-11-3-6-12-9(7-11)1-4-13(12)14-5-2-10(8-15(14)31)22(28,29)30/h2-3,5-8,13,31H,1,4H2. The molecule has 1 atom stereocenters. The monoisotopic (exact) mass is 492 g/mol. The summed E-state index contributed by atoms with van der Waals surface area (Å²) in [5.41, 5.74) is 0.815. The Hall–Kier alpha value is -2.95. The number of aromatic hydroxyl groups is 1. The summed E-state index contributed by atoms with van der Waals surface area (Å²) in [4.78, 5) is 0.301. The fraction of sp³-hybridized carbons (Fsp3) is 0.182. The van der Waals surface area contributed by atoms with Crippen LogP contribution in [0.15, 0.2) is 41.3 Å². The molecule has 0 fully saturated rings. The van der Waals surface area contributed by atoms with Gasteiger partial charge in [-0.15, -0.1) is 0 Å². The number of benzene rings is 3. The minimum atomic E-state index is -4.59. The minimum absolute atomic E-state index is 0.301. The predicted molar refractivity (Wildman–Crippen MR) is 102 cm³/mol. The van der Waals surface area contributed by atoms with Gasteiger partial charge in [0.05, 0.1) is 17.6 Å². The van der Waals surface area contributed by atoms with Crippen LogP contribution in [0.25, 0.3) is 0 Å². The molecule has 0 aliphatic heterocycles. The van der Waals surface area contributed by atoms with Crippen LogP contribution in [0.4, 0.5) is 35.1 Å². The fourth-order valence-electron chi connectivity index (χ4n) is 3.73. The SMILES string of the molecule is Oc1cc(C(F)(F)F)ccc1C1CCc2cc(SOc3c(F)c(F)c(F)c(F)c3F)ccc21. The van der Waals surface area contributed by atoms with Crippen molar-refractivity contribution in [1.29, 1.82) is 0 Å². The number of halogens is 8. The van der Waals surface area contributed by atoms with E-state index >= 15 is 0 Å². The smallest absolute Gasteiger partial charge is 0.416 e. The lowest BCUT2D eigenvalue weighted by molar-refractivity contribution is -0.137. The van der Waals surface area contributed by atoms with Crippen molar-refractivity contribution in [1.82, 2.24) is 0 Å². The zero-order valence-corrected chi connectivity index (χ0v) is 17.1. The Labute approximate surface area is 186 Å². The Balaban J connectivity index is 1.56. The van der Waals surface area contributed by atoms with Crippen molar-refractivity contribution >= 4 is 12.0 Å². The molecule has 0 aromatic heterocycles. The molecule has 11 heteroatoms. The third-order valence-electron chi connectivity index (χ3n) is 5.32. The summed E-state index contributed by atoms with van der Waals surface area (Å²) in [7, 11) is 0. The number of hydrogen-bond donors (Lipinski definition) is 1. The number of aryl methyl sites for hydroxylation is 1. The summed E-state index contributed by atoms with van der Waals surface area (Å²) < 4.78 is 111. The number of phenols is 1. The summed E-state index contributed by atoms with van der Waals surface area (Å²) in [5.74, 6) is -13.0. The van der Waals surface area contributed by atoms with Crippen molar-refractivity contribution in [3.63, 3.8) is 0 Å². The first-order valence-corrected chi connectivity index (χ1v) is 10.1. The zero-order valence-electron chi connectivity index (χ0n) is 16.2. The van der Waals surface area contributed by atoms with Crippen molar-refractivity contribution in [2.45, 2.75) is 29.8 Å². The number of fused-ring (bicyclic) bond motifs is 1. The van der Waals surface area contributed by atoms with E-state index in [9.17, 15) is 40.2 Å². The van der Waals surface area contributed by atoms with Gasteiger partial charge >= 0.3 is 6.18 Å². The zero-order chi connectivity index (χ0) is 24.1. The molecule has 0 bridgehead atoms. The minimum Gasteiger partial charge on any atom is -0.508 e. The van der Waals surface area contributed by atoms with Crippen LogP contribution in [-0.2, 0) is 12.6 Å². The van der Waals surface area contributed by atoms with Gasteiger partial charge < -0.3 is 9.29 Å². The van der Waals surface area contributed by atoms with E-state index in [0.717, 1.165) is 17.2 Å². The molecule has 0 radical (unpaired) electrons. The lowest BCUT2D eigenvalue weighted by atomic mass is 9.91. The second-order valence-electron chi connectivity index (χ2n) is 7.29. The Morgan fingerprint density at radius 2 is 1.42 bits per heavy atom. The lowest BCUT2D eigenvalue weighted by Gasteiger charge is -2.16. The van der Waals surface area contributed by atoms with Gasteiger partial charge in [0.15, 0.2) is 0 Å². The highest BCUT2D eigenvalue weighted by atomic mass is 32.2. The summed E-state index contributed by atoms with van der Waals surface area (Å²) in [6, 6.07) is 7.41. The Kier molecular flexibility index (Phi) is 5.94. The Morgan fingerprint density at radius 3 is 2.03 bits per heavy atom. The average Bonchev–Trinajstić information content (AvgIpc) is 3.18. The molecule has 33 heavy (non-hydrogen) atoms. The van der Waals surface area contributed by atoms with E-state index in [1.165, 1.54) is 12.1 Å². The Morgan fingerprint density at radius 1 is 0.818 bits per heavy atom. The molecule has 1 aliphatic rings. The summed E-state index contributed by atoms with van der Waals surface area (Å²) in [6.45, 7) is 0. The summed E-state index contributed by atoms with van der Waals surface area (Å²) in [6.07, 6.45) is -3.62. The van der Waals surface area contributed by atoms with Gasteiger partial charge in [0.2, 0.25) is 34.8 Å². The van der Waals surface area contributed by atoms with Gasteiger partial charge in [0, 0.05) is 16.4 Å². The second-order valence-corrected chi connectivity index (χ2v) is 8.09. The molecule has 3 aromatic rings. The van der Waals surface area contributed by atoms with Gasteiger partial charge in [0.25, 0.3) is 0 Å². The van der Waals surface area contributed by atoms with E-state index in [1.807, 2.05) is 0 Å². The van der Waals surface area contributed by atoms with Crippen molar-refractivity contribution in [2.75, 3.05) is 0 Å². The van der Waals surface area contributed by atoms with Gasteiger partial charge in [-0.2, -0.15) is 22.0 Å². The van der Waals surface area contributed by atoms with E-state index in [0.29, 0.717) is 41.4 Å². The first-order valence-electron chi connectivity index (χ1n) is 9.38. The molecule has 0 amide bonds. The largest absolute Gasteiger partial charge is 0.508 e. The normalized spacial score (nSPS) is 15.6. The highest BCUT2D eigenvalue weighted by Gasteiger charge is 2.33. The van der Waals surface area contributed by atoms with Crippen LogP contribution in [0, 0.1) is 29.1 Å². The Bertz CT molecular complexity index is 1210. The van der Waals surface area contributed by atoms with Crippen LogP contribution in [0.3, 0.4) is 0 Å². The highest BCUT2D eigenvalue weighted by molar-refractivity contribution is 7.95. The summed E-state index contributed by atoms with van der Waals surface area (Å²) >= 11 is 0.386. The molecule has 174 valence electrons. The highest BCUT2D eigenvalue weighted by Crippen LogP contribution is 2.44.